The van der Waals surface area contributed by atoms with Crippen LogP contribution in [-0.2, 0) is 11.0 Å². The molecule has 1 atom stereocenters. The molecule has 0 fully saturated rings. The zero-order chi connectivity index (χ0) is 19.9. The number of nitrogens with one attached hydrogen (secondary N) is 1. The smallest absolute Gasteiger partial charge is 0.349 e. The standard InChI is InChI=1S/C21H22F3NO2/c1-2-7-18(16-10-6-11-17(14-16)21(22,23)24)25-20(27)13-12-19(26)15-8-4-3-5-9-15/h3-6,8-11,14,18H,2,7,12-13H2,1H3,(H,25,27). The van der Waals surface area contributed by atoms with Gasteiger partial charge in [0.25, 0.3) is 0 Å². The van der Waals surface area contributed by atoms with Gasteiger partial charge < -0.3 is 5.32 Å². The molecular formula is C21H22F3NO2. The van der Waals surface area contributed by atoms with Gasteiger partial charge in [-0.1, -0.05) is 55.8 Å². The molecule has 0 bridgehead atoms. The van der Waals surface area contributed by atoms with E-state index in [2.05, 4.69) is 5.32 Å². The molecule has 1 amide bonds. The van der Waals surface area contributed by atoms with Crippen molar-refractivity contribution in [2.24, 2.45) is 0 Å². The molecule has 2 aromatic carbocycles. The first-order chi connectivity index (χ1) is 12.8. The average molecular weight is 377 g/mol. The van der Waals surface area contributed by atoms with Gasteiger partial charge in [0.2, 0.25) is 5.91 Å². The fourth-order valence-corrected chi connectivity index (χ4v) is 2.80. The van der Waals surface area contributed by atoms with Crippen molar-refractivity contribution in [1.29, 1.82) is 0 Å². The average Bonchev–Trinajstić information content (AvgIpc) is 2.66. The lowest BCUT2D eigenvalue weighted by Crippen LogP contribution is -2.29. The second-order valence-corrected chi connectivity index (χ2v) is 6.32. The van der Waals surface area contributed by atoms with Crippen LogP contribution in [0.15, 0.2) is 54.6 Å². The van der Waals surface area contributed by atoms with Crippen molar-refractivity contribution in [3.8, 4) is 0 Å². The Kier molecular flexibility index (Phi) is 7.16. The van der Waals surface area contributed by atoms with E-state index >= 15 is 0 Å². The van der Waals surface area contributed by atoms with Gasteiger partial charge in [0, 0.05) is 18.4 Å². The topological polar surface area (TPSA) is 46.2 Å². The van der Waals surface area contributed by atoms with Gasteiger partial charge >= 0.3 is 6.18 Å². The number of amides is 1. The number of halogens is 3. The summed E-state index contributed by atoms with van der Waals surface area (Å²) in [6.45, 7) is 1.89. The van der Waals surface area contributed by atoms with Gasteiger partial charge in [0.05, 0.1) is 11.6 Å². The fourth-order valence-electron chi connectivity index (χ4n) is 2.80. The SMILES string of the molecule is CCCC(NC(=O)CCC(=O)c1ccccc1)c1cccc(C(F)(F)F)c1. The Bertz CT molecular complexity index is 772. The Morgan fingerprint density at radius 3 is 2.33 bits per heavy atom. The maximum atomic E-state index is 12.9. The number of ketones is 1. The molecule has 27 heavy (non-hydrogen) atoms. The zero-order valence-electron chi connectivity index (χ0n) is 15.1. The molecule has 0 aliphatic carbocycles. The number of benzene rings is 2. The molecule has 0 aliphatic heterocycles. The molecule has 2 rings (SSSR count). The van der Waals surface area contributed by atoms with Gasteiger partial charge in [0.1, 0.15) is 0 Å². The molecule has 0 saturated carbocycles. The molecule has 0 heterocycles. The van der Waals surface area contributed by atoms with E-state index in [9.17, 15) is 22.8 Å². The first kappa shape index (κ1) is 20.7. The highest BCUT2D eigenvalue weighted by molar-refractivity contribution is 5.97. The fraction of sp³-hybridized carbons (Fsp3) is 0.333. The first-order valence-corrected chi connectivity index (χ1v) is 8.86. The summed E-state index contributed by atoms with van der Waals surface area (Å²) >= 11 is 0. The van der Waals surface area contributed by atoms with Crippen LogP contribution in [0.4, 0.5) is 13.2 Å². The molecule has 0 radical (unpaired) electrons. The number of rotatable bonds is 8. The maximum absolute atomic E-state index is 12.9. The molecule has 1 unspecified atom stereocenters. The summed E-state index contributed by atoms with van der Waals surface area (Å²) in [4.78, 5) is 24.3. The number of carbonyl (C=O) groups is 2. The lowest BCUT2D eigenvalue weighted by atomic mass is 9.99. The van der Waals surface area contributed by atoms with Gasteiger partial charge in [-0.15, -0.1) is 0 Å². The van der Waals surface area contributed by atoms with Gasteiger partial charge in [0.15, 0.2) is 5.78 Å². The number of hydrogen-bond donors (Lipinski definition) is 1. The highest BCUT2D eigenvalue weighted by Gasteiger charge is 2.31. The molecular weight excluding hydrogens is 355 g/mol. The first-order valence-electron chi connectivity index (χ1n) is 8.86. The summed E-state index contributed by atoms with van der Waals surface area (Å²) in [6.07, 6.45) is -3.17. The minimum atomic E-state index is -4.43. The Morgan fingerprint density at radius 1 is 1.00 bits per heavy atom. The number of carbonyl (C=O) groups excluding carboxylic acids is 2. The van der Waals surface area contributed by atoms with E-state index in [0.717, 1.165) is 12.1 Å². The summed E-state index contributed by atoms with van der Waals surface area (Å²) in [7, 11) is 0. The number of hydrogen-bond acceptors (Lipinski definition) is 2. The second-order valence-electron chi connectivity index (χ2n) is 6.32. The lowest BCUT2D eigenvalue weighted by molar-refractivity contribution is -0.137. The predicted octanol–water partition coefficient (Wildman–Crippen LogP) is 5.33. The van der Waals surface area contributed by atoms with Crippen molar-refractivity contribution in [2.75, 3.05) is 0 Å². The third-order valence-electron chi connectivity index (χ3n) is 4.20. The number of alkyl halides is 3. The van der Waals surface area contributed by atoms with E-state index < -0.39 is 17.8 Å². The third kappa shape index (κ3) is 6.24. The van der Waals surface area contributed by atoms with Crippen molar-refractivity contribution in [1.82, 2.24) is 5.32 Å². The van der Waals surface area contributed by atoms with Gasteiger partial charge in [-0.05, 0) is 24.1 Å². The van der Waals surface area contributed by atoms with Crippen LogP contribution in [0.25, 0.3) is 0 Å². The van der Waals surface area contributed by atoms with Crippen molar-refractivity contribution in [2.45, 2.75) is 44.8 Å². The van der Waals surface area contributed by atoms with Crippen LogP contribution in [0.2, 0.25) is 0 Å². The van der Waals surface area contributed by atoms with Crippen molar-refractivity contribution < 1.29 is 22.8 Å². The molecule has 3 nitrogen and oxygen atoms in total. The van der Waals surface area contributed by atoms with Crippen LogP contribution in [0, 0.1) is 0 Å². The highest BCUT2D eigenvalue weighted by Crippen LogP contribution is 2.31. The number of Topliss-reactive ketones (excluding diaryl/α,β-unsaturated/α-hetero) is 1. The normalized spacial score (nSPS) is 12.4. The molecule has 0 saturated heterocycles. The van der Waals surface area contributed by atoms with Gasteiger partial charge in [-0.25, -0.2) is 0 Å². The summed E-state index contributed by atoms with van der Waals surface area (Å²) in [5, 5.41) is 2.76. The largest absolute Gasteiger partial charge is 0.416 e. The van der Waals surface area contributed by atoms with Crippen LogP contribution < -0.4 is 5.32 Å². The van der Waals surface area contributed by atoms with Crippen molar-refractivity contribution in [3.05, 3.63) is 71.3 Å². The summed E-state index contributed by atoms with van der Waals surface area (Å²) in [5.74, 6) is -0.494. The Hall–Kier alpha value is -2.63. The van der Waals surface area contributed by atoms with Crippen LogP contribution in [-0.4, -0.2) is 11.7 Å². The van der Waals surface area contributed by atoms with E-state index in [4.69, 9.17) is 0 Å². The summed E-state index contributed by atoms with van der Waals surface area (Å²) < 4.78 is 38.8. The minimum Gasteiger partial charge on any atom is -0.349 e. The highest BCUT2D eigenvalue weighted by atomic mass is 19.4. The van der Waals surface area contributed by atoms with E-state index in [1.165, 1.54) is 6.07 Å². The monoisotopic (exact) mass is 377 g/mol. The van der Waals surface area contributed by atoms with Crippen LogP contribution in [0.1, 0.15) is 60.1 Å². The molecule has 0 aromatic heterocycles. The van der Waals surface area contributed by atoms with E-state index in [1.54, 1.807) is 36.4 Å². The summed E-state index contributed by atoms with van der Waals surface area (Å²) in [6, 6.07) is 13.1. The quantitative estimate of drug-likeness (QED) is 0.633. The van der Waals surface area contributed by atoms with Crippen molar-refractivity contribution in [3.63, 3.8) is 0 Å². The van der Waals surface area contributed by atoms with Crippen LogP contribution in [0.3, 0.4) is 0 Å². The molecule has 1 N–H and O–H groups in total. The predicted molar refractivity (Wildman–Crippen MR) is 97.2 cm³/mol. The lowest BCUT2D eigenvalue weighted by Gasteiger charge is -2.20. The Labute approximate surface area is 156 Å². The van der Waals surface area contributed by atoms with Crippen LogP contribution in [0.5, 0.6) is 0 Å². The molecule has 144 valence electrons. The Balaban J connectivity index is 2.01. The molecule has 6 heteroatoms. The van der Waals surface area contributed by atoms with Gasteiger partial charge in [-0.2, -0.15) is 13.2 Å². The van der Waals surface area contributed by atoms with Crippen molar-refractivity contribution >= 4 is 11.7 Å². The maximum Gasteiger partial charge on any atom is 0.416 e. The van der Waals surface area contributed by atoms with E-state index in [1.807, 2.05) is 6.92 Å². The minimum absolute atomic E-state index is 0.00704. The summed E-state index contributed by atoms with van der Waals surface area (Å²) in [5.41, 5.74) is 0.206. The second kappa shape index (κ2) is 9.35. The Morgan fingerprint density at radius 2 is 1.70 bits per heavy atom. The molecule has 2 aromatic rings. The van der Waals surface area contributed by atoms with Crippen LogP contribution >= 0.6 is 0 Å². The third-order valence-corrected chi connectivity index (χ3v) is 4.20. The molecule has 0 aliphatic rings. The zero-order valence-corrected chi connectivity index (χ0v) is 15.1. The van der Waals surface area contributed by atoms with Gasteiger partial charge in [-0.3, -0.25) is 9.59 Å². The molecule has 0 spiro atoms. The van der Waals surface area contributed by atoms with E-state index in [0.29, 0.717) is 24.0 Å². The van der Waals surface area contributed by atoms with E-state index in [-0.39, 0.29) is 24.5 Å².